The number of urea groups is 1. The van der Waals surface area contributed by atoms with E-state index >= 15 is 0 Å². The second kappa shape index (κ2) is 14.2. The van der Waals surface area contributed by atoms with E-state index in [0.717, 1.165) is 36.8 Å². The second-order valence-corrected chi connectivity index (χ2v) is 11.0. The van der Waals surface area contributed by atoms with Crippen molar-refractivity contribution < 1.29 is 9.59 Å². The monoisotopic (exact) mass is 601 g/mol. The maximum Gasteiger partial charge on any atom is 0.322 e. The Labute approximate surface area is 262 Å². The van der Waals surface area contributed by atoms with Crippen LogP contribution in [0.25, 0.3) is 11.1 Å². The average molecular weight is 602 g/mol. The van der Waals surface area contributed by atoms with Crippen molar-refractivity contribution in [2.75, 3.05) is 15.5 Å². The minimum Gasteiger partial charge on any atom is -0.367 e. The highest BCUT2D eigenvalue weighted by molar-refractivity contribution is 6.03. The predicted molar refractivity (Wildman–Crippen MR) is 176 cm³/mol. The molecule has 228 valence electrons. The van der Waals surface area contributed by atoms with Crippen LogP contribution in [0.4, 0.5) is 22.0 Å². The summed E-state index contributed by atoms with van der Waals surface area (Å²) in [5, 5.41) is 18.5. The molecule has 1 aliphatic rings. The fourth-order valence-electron chi connectivity index (χ4n) is 5.56. The van der Waals surface area contributed by atoms with Gasteiger partial charge in [-0.2, -0.15) is 5.26 Å². The van der Waals surface area contributed by atoms with Gasteiger partial charge in [-0.05, 0) is 67.7 Å². The Hall–Kier alpha value is -5.69. The summed E-state index contributed by atoms with van der Waals surface area (Å²) in [6.07, 6.45) is 7.55. The number of aryl methyl sites for hydroxylation is 1. The summed E-state index contributed by atoms with van der Waals surface area (Å²) in [5.74, 6) is 0.327. The molecule has 5 rings (SSSR count). The summed E-state index contributed by atoms with van der Waals surface area (Å²) in [7, 11) is 1.67. The van der Waals surface area contributed by atoms with Crippen molar-refractivity contribution in [2.24, 2.45) is 7.05 Å². The summed E-state index contributed by atoms with van der Waals surface area (Å²) in [6.45, 7) is 3.95. The van der Waals surface area contributed by atoms with Crippen LogP contribution in [0.1, 0.15) is 36.8 Å². The molecule has 0 atom stereocenters. The van der Waals surface area contributed by atoms with Crippen LogP contribution < -0.4 is 26.4 Å². The zero-order valence-corrected chi connectivity index (χ0v) is 25.1. The first-order valence-corrected chi connectivity index (χ1v) is 14.8. The van der Waals surface area contributed by atoms with Gasteiger partial charge in [-0.1, -0.05) is 43.0 Å². The van der Waals surface area contributed by atoms with E-state index in [-0.39, 0.29) is 29.6 Å². The summed E-state index contributed by atoms with van der Waals surface area (Å²) >= 11 is 0. The Morgan fingerprint density at radius 1 is 1.07 bits per heavy atom. The first-order chi connectivity index (χ1) is 21.8. The lowest BCUT2D eigenvalue weighted by Crippen LogP contribution is -2.48. The zero-order chi connectivity index (χ0) is 31.8. The van der Waals surface area contributed by atoms with Gasteiger partial charge in [-0.3, -0.25) is 14.5 Å². The number of carbonyl (C=O) groups excluding carboxylic acids is 2. The third-order valence-electron chi connectivity index (χ3n) is 7.93. The van der Waals surface area contributed by atoms with Crippen LogP contribution in [0, 0.1) is 11.3 Å². The van der Waals surface area contributed by atoms with Gasteiger partial charge in [-0.25, -0.2) is 9.78 Å². The molecular formula is C35H35N7O3. The van der Waals surface area contributed by atoms with E-state index in [1.165, 1.54) is 16.7 Å². The Morgan fingerprint density at radius 2 is 1.84 bits per heavy atom. The van der Waals surface area contributed by atoms with Crippen molar-refractivity contribution in [2.45, 2.75) is 44.3 Å². The second-order valence-electron chi connectivity index (χ2n) is 11.0. The van der Waals surface area contributed by atoms with Crippen LogP contribution >= 0.6 is 0 Å². The molecule has 0 radical (unpaired) electrons. The van der Waals surface area contributed by atoms with E-state index in [1.807, 2.05) is 42.5 Å². The fourth-order valence-corrected chi connectivity index (χ4v) is 5.56. The molecule has 2 aromatic carbocycles. The molecule has 3 amide bonds. The molecule has 4 aromatic rings. The molecule has 10 nitrogen and oxygen atoms in total. The lowest BCUT2D eigenvalue weighted by Gasteiger charge is -2.37. The van der Waals surface area contributed by atoms with Crippen LogP contribution in [0.15, 0.2) is 103 Å². The molecule has 2 aromatic heterocycles. The van der Waals surface area contributed by atoms with Crippen LogP contribution in [0.3, 0.4) is 0 Å². The van der Waals surface area contributed by atoms with Gasteiger partial charge in [0.1, 0.15) is 11.9 Å². The van der Waals surface area contributed by atoms with E-state index < -0.39 is 0 Å². The molecule has 0 spiro atoms. The maximum absolute atomic E-state index is 13.9. The van der Waals surface area contributed by atoms with Crippen LogP contribution in [-0.2, 0) is 18.4 Å². The number of hydrogen-bond acceptors (Lipinski definition) is 6. The van der Waals surface area contributed by atoms with Gasteiger partial charge in [-0.15, -0.1) is 0 Å². The van der Waals surface area contributed by atoms with Crippen molar-refractivity contribution in [3.8, 4) is 17.2 Å². The lowest BCUT2D eigenvalue weighted by molar-refractivity contribution is -0.111. The molecule has 0 unspecified atom stereocenters. The van der Waals surface area contributed by atoms with Gasteiger partial charge in [0.2, 0.25) is 11.5 Å². The highest BCUT2D eigenvalue weighted by atomic mass is 16.2. The maximum atomic E-state index is 13.9. The highest BCUT2D eigenvalue weighted by Gasteiger charge is 2.31. The van der Waals surface area contributed by atoms with E-state index in [9.17, 15) is 14.4 Å². The number of nitrogens with zero attached hydrogens (tertiary/aromatic N) is 4. The Balaban J connectivity index is 1.43. The summed E-state index contributed by atoms with van der Waals surface area (Å²) < 4.78 is 1.48. The third kappa shape index (κ3) is 7.64. The Bertz CT molecular complexity index is 1770. The van der Waals surface area contributed by atoms with Crippen LogP contribution in [0.2, 0.25) is 0 Å². The van der Waals surface area contributed by atoms with Gasteiger partial charge in [0.15, 0.2) is 0 Å². The van der Waals surface area contributed by atoms with Crippen molar-refractivity contribution >= 4 is 29.1 Å². The predicted octanol–water partition coefficient (Wildman–Crippen LogP) is 5.58. The normalized spacial score (nSPS) is 15.7. The van der Waals surface area contributed by atoms with Gasteiger partial charge in [0, 0.05) is 61.0 Å². The molecule has 1 fully saturated rings. The topological polar surface area (TPSA) is 132 Å². The molecular weight excluding hydrogens is 566 g/mol. The molecule has 3 N–H and O–H groups in total. The van der Waals surface area contributed by atoms with Gasteiger partial charge in [0.25, 0.3) is 0 Å². The minimum atomic E-state index is -0.388. The molecule has 2 heterocycles. The molecule has 0 aliphatic heterocycles. The summed E-state index contributed by atoms with van der Waals surface area (Å²) in [4.78, 5) is 44.5. The van der Waals surface area contributed by atoms with Crippen LogP contribution in [0.5, 0.6) is 0 Å². The van der Waals surface area contributed by atoms with E-state index in [0.29, 0.717) is 34.9 Å². The fraction of sp³-hybridized carbons (Fsp3) is 0.229. The number of rotatable bonds is 9. The SMILES string of the molecule is C=CC(=O)Nc1cc(N(C(=O)NCc2ccccc2)C2CCC(Nc3ccc(C#N)cn3)CC2)ccc1-c1ccc(=O)n(C)c1. The number of amides is 3. The molecule has 0 saturated heterocycles. The van der Waals surface area contributed by atoms with Crippen molar-refractivity contribution in [1.82, 2.24) is 14.9 Å². The van der Waals surface area contributed by atoms with Crippen molar-refractivity contribution in [1.29, 1.82) is 5.26 Å². The number of nitrogens with one attached hydrogen (secondary N) is 3. The van der Waals surface area contributed by atoms with E-state index in [1.54, 1.807) is 48.6 Å². The summed E-state index contributed by atoms with van der Waals surface area (Å²) in [6, 6.07) is 23.9. The molecule has 1 saturated carbocycles. The quantitative estimate of drug-likeness (QED) is 0.215. The first-order valence-electron chi connectivity index (χ1n) is 14.8. The summed E-state index contributed by atoms with van der Waals surface area (Å²) in [5.41, 5.74) is 3.93. The molecule has 45 heavy (non-hydrogen) atoms. The standard InChI is InChI=1S/C35H35N7O3/c1-3-33(43)40-31-19-29(15-16-30(31)26-10-18-34(44)41(2)23-26)42(35(45)38-21-24-7-5-4-6-8-24)28-13-11-27(12-14-28)39-32-17-9-25(20-36)22-37-32/h3-10,15-19,22-23,27-28H,1,11-14,21H2,2H3,(H,37,39)(H,38,45)(H,40,43). The zero-order valence-electron chi connectivity index (χ0n) is 25.1. The van der Waals surface area contributed by atoms with Crippen molar-refractivity contribution in [3.63, 3.8) is 0 Å². The third-order valence-corrected chi connectivity index (χ3v) is 7.93. The number of anilines is 3. The number of pyridine rings is 2. The number of carbonyl (C=O) groups is 2. The van der Waals surface area contributed by atoms with Gasteiger partial charge < -0.3 is 20.5 Å². The smallest absolute Gasteiger partial charge is 0.322 e. The number of nitriles is 1. The Kier molecular flexibility index (Phi) is 9.70. The van der Waals surface area contributed by atoms with E-state index in [2.05, 4.69) is 33.6 Å². The highest BCUT2D eigenvalue weighted by Crippen LogP contribution is 2.35. The van der Waals surface area contributed by atoms with E-state index in [4.69, 9.17) is 5.26 Å². The van der Waals surface area contributed by atoms with Gasteiger partial charge in [0.05, 0.1) is 11.3 Å². The van der Waals surface area contributed by atoms with Crippen LogP contribution in [-0.4, -0.2) is 33.6 Å². The number of hydrogen-bond donors (Lipinski definition) is 3. The molecule has 1 aliphatic carbocycles. The molecule has 10 heteroatoms. The molecule has 0 bridgehead atoms. The lowest BCUT2D eigenvalue weighted by atomic mass is 9.89. The average Bonchev–Trinajstić information content (AvgIpc) is 3.07. The largest absolute Gasteiger partial charge is 0.367 e. The minimum absolute atomic E-state index is 0.0981. The Morgan fingerprint density at radius 3 is 2.51 bits per heavy atom. The van der Waals surface area contributed by atoms with Crippen molar-refractivity contribution in [3.05, 3.63) is 119 Å². The first kappa shape index (κ1) is 30.8. The van der Waals surface area contributed by atoms with Gasteiger partial charge >= 0.3 is 6.03 Å². The number of benzene rings is 2. The number of aromatic nitrogens is 2.